The minimum Gasteiger partial charge on any atom is -0.461 e. The molecule has 0 aromatic rings. The maximum absolute atomic E-state index is 13.9. The van der Waals surface area contributed by atoms with Gasteiger partial charge in [0.05, 0.1) is 11.7 Å². The second-order valence-corrected chi connectivity index (χ2v) is 12.6. The van der Waals surface area contributed by atoms with Crippen molar-refractivity contribution in [1.29, 1.82) is 0 Å². The number of esters is 2. The van der Waals surface area contributed by atoms with E-state index in [1.807, 2.05) is 19.9 Å². The van der Waals surface area contributed by atoms with Crippen molar-refractivity contribution in [2.24, 2.45) is 35.0 Å². The zero-order valence-electron chi connectivity index (χ0n) is 22.4. The summed E-state index contributed by atoms with van der Waals surface area (Å²) < 4.78 is 17.9. The van der Waals surface area contributed by atoms with E-state index >= 15 is 0 Å². The topological polar surface area (TPSA) is 120 Å². The quantitative estimate of drug-likeness (QED) is 0.340. The summed E-state index contributed by atoms with van der Waals surface area (Å²) in [5, 5.41) is 12.1. The zero-order chi connectivity index (χ0) is 27.4. The van der Waals surface area contributed by atoms with Gasteiger partial charge in [0.1, 0.15) is 23.2 Å². The summed E-state index contributed by atoms with van der Waals surface area (Å²) in [4.78, 5) is 51.0. The number of fused-ring (bicyclic) bond motifs is 5. The smallest absolute Gasteiger partial charge is 0.334 e. The number of allylic oxidation sites excluding steroid dienone is 1. The first kappa shape index (κ1) is 25.7. The molecule has 3 saturated heterocycles. The fraction of sp³-hybridized carbons (Fsp3) is 0.667. The molecule has 11 atom stereocenters. The maximum Gasteiger partial charge on any atom is 0.334 e. The average Bonchev–Trinajstić information content (AvgIpc) is 3.47. The van der Waals surface area contributed by atoms with Crippen LogP contribution in [0.3, 0.4) is 0 Å². The summed E-state index contributed by atoms with van der Waals surface area (Å²) in [7, 11) is 0. The Morgan fingerprint density at radius 1 is 1.05 bits per heavy atom. The van der Waals surface area contributed by atoms with Crippen LogP contribution in [0.5, 0.6) is 0 Å². The van der Waals surface area contributed by atoms with Gasteiger partial charge in [0, 0.05) is 23.0 Å². The van der Waals surface area contributed by atoms with Gasteiger partial charge in [-0.15, -0.1) is 0 Å². The summed E-state index contributed by atoms with van der Waals surface area (Å²) in [5.41, 5.74) is -2.38. The van der Waals surface area contributed by atoms with Crippen LogP contribution in [-0.4, -0.2) is 58.1 Å². The molecule has 0 aromatic heterocycles. The van der Waals surface area contributed by atoms with E-state index in [1.165, 1.54) is 13.8 Å². The number of rotatable bonds is 3. The summed E-state index contributed by atoms with van der Waals surface area (Å²) in [6.07, 6.45) is 6.27. The highest BCUT2D eigenvalue weighted by Crippen LogP contribution is 2.64. The number of aliphatic hydroxyl groups is 1. The Bertz CT molecular complexity index is 1210. The molecular formula is C30H36O8. The van der Waals surface area contributed by atoms with Crippen LogP contribution in [0.1, 0.15) is 59.8 Å². The van der Waals surface area contributed by atoms with Crippen molar-refractivity contribution >= 4 is 23.5 Å². The molecule has 0 unspecified atom stereocenters. The van der Waals surface area contributed by atoms with Crippen molar-refractivity contribution in [3.05, 3.63) is 36.0 Å². The molecule has 1 N–H and O–H groups in total. The van der Waals surface area contributed by atoms with Crippen LogP contribution in [0, 0.1) is 35.0 Å². The van der Waals surface area contributed by atoms with Crippen molar-refractivity contribution in [3.8, 4) is 0 Å². The van der Waals surface area contributed by atoms with Gasteiger partial charge in [-0.25, -0.2) is 4.79 Å². The minimum atomic E-state index is -1.33. The van der Waals surface area contributed by atoms with E-state index in [4.69, 9.17) is 14.2 Å². The van der Waals surface area contributed by atoms with E-state index < -0.39 is 40.6 Å². The fourth-order valence-electron chi connectivity index (χ4n) is 8.50. The first-order chi connectivity index (χ1) is 17.8. The van der Waals surface area contributed by atoms with Gasteiger partial charge in [-0.2, -0.15) is 0 Å². The number of ether oxygens (including phenoxy) is 3. The van der Waals surface area contributed by atoms with Crippen LogP contribution in [0.15, 0.2) is 36.0 Å². The Morgan fingerprint density at radius 3 is 2.45 bits per heavy atom. The number of hydrogen-bond donors (Lipinski definition) is 1. The normalized spacial score (nSPS) is 49.2. The van der Waals surface area contributed by atoms with E-state index in [-0.39, 0.29) is 53.9 Å². The highest BCUT2D eigenvalue weighted by Gasteiger charge is 2.71. The molecule has 8 nitrogen and oxygen atoms in total. The molecule has 0 bridgehead atoms. The van der Waals surface area contributed by atoms with Gasteiger partial charge in [0.15, 0.2) is 11.6 Å². The van der Waals surface area contributed by atoms with E-state index in [1.54, 1.807) is 12.2 Å². The van der Waals surface area contributed by atoms with Crippen molar-refractivity contribution in [1.82, 2.24) is 0 Å². The lowest BCUT2D eigenvalue weighted by Gasteiger charge is -2.48. The summed E-state index contributed by atoms with van der Waals surface area (Å²) in [6, 6.07) is 0. The standard InChI is InChI=1S/C30H36O8/c1-14-8-23-20(17(4)26(33)36-23)10-19-12-28(22(18(5)32)13-29(14,19)35)21-11-25-30(38-25,7-6-16(3)31)15(2)9-24(21)37-27(28)34/h6-7,13-15,19-21,23-25,35H,4,8-12H2,1-3,5H3/b7-6+/t14-,15+,19-,20+,21+,23+,24-,25+,28+,29-,30-/m0/s1. The van der Waals surface area contributed by atoms with E-state index in [2.05, 4.69) is 6.58 Å². The van der Waals surface area contributed by atoms with E-state index in [9.17, 15) is 24.3 Å². The number of Topliss-reactive ketones (excluding diaryl/α,β-unsaturated/α-hetero) is 1. The third kappa shape index (κ3) is 3.35. The molecule has 0 aromatic carbocycles. The molecule has 0 radical (unpaired) electrons. The summed E-state index contributed by atoms with van der Waals surface area (Å²) in [5.74, 6) is -2.36. The van der Waals surface area contributed by atoms with Gasteiger partial charge < -0.3 is 19.3 Å². The lowest BCUT2D eigenvalue weighted by atomic mass is 9.54. The largest absolute Gasteiger partial charge is 0.461 e. The van der Waals surface area contributed by atoms with Gasteiger partial charge >= 0.3 is 11.9 Å². The SMILES string of the molecule is C=C1C(=O)O[C@@H]2C[C@H](C)[C@@]3(O)C=C(C(C)=O)[C@]4(C[C@@H]3C[C@H]12)C(=O)O[C@H]1C[C@@H](C)[C@]2(/C=C/C(C)=O)O[C@@H]2C[C@H]14. The summed E-state index contributed by atoms with van der Waals surface area (Å²) in [6.45, 7) is 10.9. The molecule has 1 spiro atoms. The molecule has 3 heterocycles. The van der Waals surface area contributed by atoms with Crippen LogP contribution in [-0.2, 0) is 33.4 Å². The number of epoxide rings is 1. The van der Waals surface area contributed by atoms with Crippen LogP contribution in [0.4, 0.5) is 0 Å². The Balaban J connectivity index is 1.42. The molecule has 38 heavy (non-hydrogen) atoms. The predicted octanol–water partition coefficient (Wildman–Crippen LogP) is 3.02. The van der Waals surface area contributed by atoms with Gasteiger partial charge in [-0.05, 0) is 81.9 Å². The van der Waals surface area contributed by atoms with Crippen molar-refractivity contribution in [3.63, 3.8) is 0 Å². The van der Waals surface area contributed by atoms with Crippen molar-refractivity contribution < 1.29 is 38.5 Å². The average molecular weight is 525 g/mol. The maximum atomic E-state index is 13.9. The Kier molecular flexibility index (Phi) is 5.55. The number of ketones is 2. The van der Waals surface area contributed by atoms with Gasteiger partial charge in [-0.3, -0.25) is 14.4 Å². The first-order valence-corrected chi connectivity index (χ1v) is 13.8. The van der Waals surface area contributed by atoms with Crippen molar-refractivity contribution in [2.75, 3.05) is 0 Å². The molecule has 2 saturated carbocycles. The van der Waals surface area contributed by atoms with Crippen LogP contribution >= 0.6 is 0 Å². The molecular weight excluding hydrogens is 488 g/mol. The molecule has 6 aliphatic rings. The number of carbonyl (C=O) groups is 4. The van der Waals surface area contributed by atoms with Gasteiger partial charge in [0.25, 0.3) is 0 Å². The molecule has 3 aliphatic heterocycles. The second kappa shape index (κ2) is 8.21. The fourth-order valence-corrected chi connectivity index (χ4v) is 8.50. The minimum absolute atomic E-state index is 0.00923. The van der Waals surface area contributed by atoms with Crippen LogP contribution < -0.4 is 0 Å². The zero-order valence-corrected chi connectivity index (χ0v) is 22.4. The van der Waals surface area contributed by atoms with Crippen LogP contribution in [0.25, 0.3) is 0 Å². The summed E-state index contributed by atoms with van der Waals surface area (Å²) >= 11 is 0. The molecule has 204 valence electrons. The monoisotopic (exact) mass is 524 g/mol. The van der Waals surface area contributed by atoms with E-state index in [0.717, 1.165) is 0 Å². The lowest BCUT2D eigenvalue weighted by molar-refractivity contribution is -0.152. The third-order valence-electron chi connectivity index (χ3n) is 10.7. The van der Waals surface area contributed by atoms with E-state index in [0.29, 0.717) is 36.8 Å². The molecule has 3 aliphatic carbocycles. The third-order valence-corrected chi connectivity index (χ3v) is 10.7. The molecule has 0 amide bonds. The highest BCUT2D eigenvalue weighted by molar-refractivity contribution is 6.03. The first-order valence-electron chi connectivity index (χ1n) is 13.8. The predicted molar refractivity (Wildman–Crippen MR) is 134 cm³/mol. The number of carbonyl (C=O) groups excluding carboxylic acids is 4. The van der Waals surface area contributed by atoms with Crippen molar-refractivity contribution in [2.45, 2.75) is 89.3 Å². The van der Waals surface area contributed by atoms with Gasteiger partial charge in [0.2, 0.25) is 0 Å². The van der Waals surface area contributed by atoms with Crippen LogP contribution in [0.2, 0.25) is 0 Å². The molecule has 8 heteroatoms. The molecule has 6 rings (SSSR count). The Labute approximate surface area is 222 Å². The molecule has 5 fully saturated rings. The van der Waals surface area contributed by atoms with Gasteiger partial charge in [-0.1, -0.05) is 20.4 Å². The second-order valence-electron chi connectivity index (χ2n) is 12.6. The Hall–Kier alpha value is -2.58. The lowest BCUT2D eigenvalue weighted by Crippen LogP contribution is -2.53. The number of hydrogen-bond acceptors (Lipinski definition) is 8. The Morgan fingerprint density at radius 2 is 1.76 bits per heavy atom. The highest BCUT2D eigenvalue weighted by atomic mass is 16.6.